The largest absolute Gasteiger partial charge is 0.497 e. The summed E-state index contributed by atoms with van der Waals surface area (Å²) in [6.07, 6.45) is 0. The van der Waals surface area contributed by atoms with Gasteiger partial charge in [-0.25, -0.2) is 4.79 Å². The zero-order valence-corrected chi connectivity index (χ0v) is 15.4. The van der Waals surface area contributed by atoms with Gasteiger partial charge in [-0.3, -0.25) is 4.79 Å². The maximum absolute atomic E-state index is 12.5. The van der Waals surface area contributed by atoms with Crippen molar-refractivity contribution < 1.29 is 19.4 Å². The summed E-state index contributed by atoms with van der Waals surface area (Å²) in [4.78, 5) is 28.6. The number of benzene rings is 2. The minimum absolute atomic E-state index is 0.341. The van der Waals surface area contributed by atoms with E-state index in [0.29, 0.717) is 21.6 Å². The Labute approximate surface area is 154 Å². The van der Waals surface area contributed by atoms with Crippen molar-refractivity contribution in [2.24, 2.45) is 4.99 Å². The van der Waals surface area contributed by atoms with E-state index in [9.17, 15) is 14.7 Å². The molecule has 1 aromatic heterocycles. The number of carbonyl (C=O) groups excluding carboxylic acids is 1. The number of fused-ring (bicyclic) bond motifs is 1. The van der Waals surface area contributed by atoms with Crippen LogP contribution in [0.3, 0.4) is 0 Å². The first-order valence-corrected chi connectivity index (χ1v) is 8.80. The molecule has 0 saturated carbocycles. The highest BCUT2D eigenvalue weighted by atomic mass is 32.1. The standard InChI is InChI=1S/C19H18N2O4S/c1-11-4-6-13(7-5-11)17(22)20-19-21(12(2)18(23)24)15-10-14(25-3)8-9-16(15)26-19/h4-10,12H,1-3H3,(H,23,24). The zero-order chi connectivity index (χ0) is 18.8. The fraction of sp³-hybridized carbons (Fsp3) is 0.211. The van der Waals surface area contributed by atoms with E-state index in [4.69, 9.17) is 4.74 Å². The number of carbonyl (C=O) groups is 2. The Morgan fingerprint density at radius 1 is 1.19 bits per heavy atom. The number of carboxylic acid groups (broad SMARTS) is 1. The number of hydrogen-bond donors (Lipinski definition) is 1. The third kappa shape index (κ3) is 3.39. The number of hydrogen-bond acceptors (Lipinski definition) is 4. The van der Waals surface area contributed by atoms with Gasteiger partial charge in [0.05, 0.1) is 17.3 Å². The van der Waals surface area contributed by atoms with Crippen LogP contribution < -0.4 is 9.54 Å². The van der Waals surface area contributed by atoms with Crippen LogP contribution in [0.15, 0.2) is 47.5 Å². The molecule has 26 heavy (non-hydrogen) atoms. The van der Waals surface area contributed by atoms with Gasteiger partial charge in [-0.2, -0.15) is 4.99 Å². The quantitative estimate of drug-likeness (QED) is 0.763. The average Bonchev–Trinajstić information content (AvgIpc) is 2.98. The Kier molecular flexibility index (Phi) is 4.90. The lowest BCUT2D eigenvalue weighted by Crippen LogP contribution is -2.25. The molecule has 3 rings (SSSR count). The number of ether oxygens (including phenoxy) is 1. The highest BCUT2D eigenvalue weighted by Gasteiger charge is 2.19. The number of aromatic nitrogens is 1. The predicted molar refractivity (Wildman–Crippen MR) is 99.8 cm³/mol. The molecule has 0 aliphatic rings. The first-order chi connectivity index (χ1) is 12.4. The number of aryl methyl sites for hydroxylation is 1. The van der Waals surface area contributed by atoms with Crippen LogP contribution in [0.4, 0.5) is 0 Å². The molecule has 0 radical (unpaired) electrons. The number of rotatable bonds is 4. The van der Waals surface area contributed by atoms with Crippen molar-refractivity contribution in [3.63, 3.8) is 0 Å². The molecule has 2 aromatic carbocycles. The fourth-order valence-corrected chi connectivity index (χ4v) is 3.64. The Morgan fingerprint density at radius 3 is 2.50 bits per heavy atom. The fourth-order valence-electron chi connectivity index (χ4n) is 2.56. The third-order valence-electron chi connectivity index (χ3n) is 4.07. The molecule has 1 unspecified atom stereocenters. The first-order valence-electron chi connectivity index (χ1n) is 7.98. The van der Waals surface area contributed by atoms with Crippen molar-refractivity contribution in [3.05, 3.63) is 58.4 Å². The van der Waals surface area contributed by atoms with Crippen molar-refractivity contribution in [2.75, 3.05) is 7.11 Å². The number of methoxy groups -OCH3 is 1. The molecule has 0 aliphatic heterocycles. The van der Waals surface area contributed by atoms with E-state index in [2.05, 4.69) is 4.99 Å². The lowest BCUT2D eigenvalue weighted by atomic mass is 10.1. The Morgan fingerprint density at radius 2 is 1.88 bits per heavy atom. The van der Waals surface area contributed by atoms with E-state index in [1.165, 1.54) is 11.3 Å². The highest BCUT2D eigenvalue weighted by Crippen LogP contribution is 2.25. The van der Waals surface area contributed by atoms with Crippen LogP contribution in [0.25, 0.3) is 10.2 Å². The maximum Gasteiger partial charge on any atom is 0.326 e. The van der Waals surface area contributed by atoms with Crippen LogP contribution >= 0.6 is 11.3 Å². The van der Waals surface area contributed by atoms with Gasteiger partial charge in [-0.05, 0) is 38.1 Å². The summed E-state index contributed by atoms with van der Waals surface area (Å²) in [5.74, 6) is -0.801. The van der Waals surface area contributed by atoms with E-state index in [-0.39, 0.29) is 0 Å². The van der Waals surface area contributed by atoms with E-state index in [1.807, 2.05) is 25.1 Å². The smallest absolute Gasteiger partial charge is 0.326 e. The molecule has 1 amide bonds. The molecule has 6 nitrogen and oxygen atoms in total. The minimum Gasteiger partial charge on any atom is -0.497 e. The molecule has 3 aromatic rings. The van der Waals surface area contributed by atoms with Crippen LogP contribution in [0, 0.1) is 6.92 Å². The summed E-state index contributed by atoms with van der Waals surface area (Å²) in [5.41, 5.74) is 2.17. The molecular weight excluding hydrogens is 352 g/mol. The van der Waals surface area contributed by atoms with Gasteiger partial charge in [0.25, 0.3) is 5.91 Å². The first kappa shape index (κ1) is 17.9. The molecular formula is C19H18N2O4S. The Hall–Kier alpha value is -2.93. The van der Waals surface area contributed by atoms with Gasteiger partial charge in [-0.1, -0.05) is 29.0 Å². The molecule has 0 aliphatic carbocycles. The van der Waals surface area contributed by atoms with Crippen LogP contribution in [0.2, 0.25) is 0 Å². The van der Waals surface area contributed by atoms with Crippen LogP contribution in [-0.2, 0) is 4.79 Å². The summed E-state index contributed by atoms with van der Waals surface area (Å²) in [5, 5.41) is 9.47. The van der Waals surface area contributed by atoms with Gasteiger partial charge in [0, 0.05) is 11.6 Å². The molecule has 134 valence electrons. The van der Waals surface area contributed by atoms with E-state index in [1.54, 1.807) is 42.9 Å². The zero-order valence-electron chi connectivity index (χ0n) is 14.6. The predicted octanol–water partition coefficient (Wildman–Crippen LogP) is 3.41. The van der Waals surface area contributed by atoms with Crippen molar-refractivity contribution in [1.29, 1.82) is 0 Å². The van der Waals surface area contributed by atoms with Crippen molar-refractivity contribution in [1.82, 2.24) is 4.57 Å². The molecule has 1 heterocycles. The number of carboxylic acids is 1. The maximum atomic E-state index is 12.5. The number of thiazole rings is 1. The highest BCUT2D eigenvalue weighted by molar-refractivity contribution is 7.16. The molecule has 1 atom stereocenters. The van der Waals surface area contributed by atoms with Crippen molar-refractivity contribution in [3.8, 4) is 5.75 Å². The second kappa shape index (κ2) is 7.13. The normalized spacial score (nSPS) is 13.0. The number of nitrogens with zero attached hydrogens (tertiary/aromatic N) is 2. The molecule has 0 bridgehead atoms. The molecule has 7 heteroatoms. The van der Waals surface area contributed by atoms with Crippen LogP contribution in [-0.4, -0.2) is 28.7 Å². The van der Waals surface area contributed by atoms with Gasteiger partial charge in [0.2, 0.25) is 0 Å². The SMILES string of the molecule is COc1ccc2sc(=NC(=O)c3ccc(C)cc3)n(C(C)C(=O)O)c2c1. The van der Waals surface area contributed by atoms with Gasteiger partial charge in [-0.15, -0.1) is 0 Å². The summed E-state index contributed by atoms with van der Waals surface area (Å²) in [6, 6.07) is 11.6. The third-order valence-corrected chi connectivity index (χ3v) is 5.11. The van der Waals surface area contributed by atoms with Crippen LogP contribution in [0.1, 0.15) is 28.9 Å². The molecule has 0 saturated heterocycles. The second-order valence-corrected chi connectivity index (χ2v) is 6.89. The van der Waals surface area contributed by atoms with Gasteiger partial charge in [0.15, 0.2) is 4.80 Å². The lowest BCUT2D eigenvalue weighted by Gasteiger charge is -2.10. The van der Waals surface area contributed by atoms with E-state index < -0.39 is 17.9 Å². The summed E-state index contributed by atoms with van der Waals surface area (Å²) >= 11 is 1.27. The Bertz CT molecular complexity index is 1050. The topological polar surface area (TPSA) is 80.9 Å². The summed E-state index contributed by atoms with van der Waals surface area (Å²) in [6.45, 7) is 3.50. The number of aliphatic carboxylic acids is 1. The number of amides is 1. The monoisotopic (exact) mass is 370 g/mol. The van der Waals surface area contributed by atoms with Crippen molar-refractivity contribution >= 4 is 33.4 Å². The summed E-state index contributed by atoms with van der Waals surface area (Å²) in [7, 11) is 1.55. The molecule has 1 N–H and O–H groups in total. The van der Waals surface area contributed by atoms with Gasteiger partial charge >= 0.3 is 5.97 Å². The Balaban J connectivity index is 2.20. The summed E-state index contributed by atoms with van der Waals surface area (Å²) < 4.78 is 7.62. The van der Waals surface area contributed by atoms with Gasteiger partial charge < -0.3 is 14.4 Å². The lowest BCUT2D eigenvalue weighted by molar-refractivity contribution is -0.140. The molecule has 0 fully saturated rings. The second-order valence-electron chi connectivity index (χ2n) is 5.89. The average molecular weight is 370 g/mol. The molecule has 0 spiro atoms. The van der Waals surface area contributed by atoms with Crippen molar-refractivity contribution in [2.45, 2.75) is 19.9 Å². The minimum atomic E-state index is -1.00. The van der Waals surface area contributed by atoms with E-state index >= 15 is 0 Å². The van der Waals surface area contributed by atoms with E-state index in [0.717, 1.165) is 10.3 Å². The van der Waals surface area contributed by atoms with Gasteiger partial charge in [0.1, 0.15) is 11.8 Å². The van der Waals surface area contributed by atoms with Crippen LogP contribution in [0.5, 0.6) is 5.75 Å².